The van der Waals surface area contributed by atoms with Crippen molar-refractivity contribution in [3.63, 3.8) is 0 Å². The first kappa shape index (κ1) is 35.1. The number of carbonyl (C=O) groups excluding carboxylic acids is 4. The van der Waals surface area contributed by atoms with Gasteiger partial charge in [-0.25, -0.2) is 8.42 Å². The topological polar surface area (TPSA) is 124 Å². The maximum absolute atomic E-state index is 12.9. The van der Waals surface area contributed by atoms with Crippen LogP contribution in [0.5, 0.6) is 0 Å². The fraction of sp³-hybridized carbons (Fsp3) is 0.500. The van der Waals surface area contributed by atoms with E-state index in [1.165, 1.54) is 17.0 Å². The lowest BCUT2D eigenvalue weighted by molar-refractivity contribution is -0.133. The number of ketones is 3. The van der Waals surface area contributed by atoms with E-state index in [1.54, 1.807) is 12.2 Å². The highest BCUT2D eigenvalue weighted by molar-refractivity contribution is 7.90. The van der Waals surface area contributed by atoms with Crippen LogP contribution in [0.15, 0.2) is 42.3 Å². The molecule has 3 rings (SSSR count). The zero-order chi connectivity index (χ0) is 30.7. The normalized spacial score (nSPS) is 17.6. The minimum atomic E-state index is -3.64. The van der Waals surface area contributed by atoms with E-state index in [-0.39, 0.29) is 59.1 Å². The number of alkyl halides is 2. The van der Waals surface area contributed by atoms with Gasteiger partial charge in [-0.1, -0.05) is 47.0 Å². The van der Waals surface area contributed by atoms with Crippen LogP contribution in [-0.4, -0.2) is 80.1 Å². The fourth-order valence-electron chi connectivity index (χ4n) is 4.40. The van der Waals surface area contributed by atoms with Crippen molar-refractivity contribution in [1.29, 1.82) is 0 Å². The molecule has 2 aliphatic rings. The second kappa shape index (κ2) is 16.5. The SMILES string of the molecule is C=CCN(CC=C)C(=O)C(Cl)Cl.CS(=O)(=O)c1ccc(C(=O)C2C(=O)CCCC2=O)c(Cl)c1COCC1CCCO1. The molecule has 1 aliphatic heterocycles. The average molecular weight is 651 g/mol. The highest BCUT2D eigenvalue weighted by atomic mass is 35.5. The molecule has 0 spiro atoms. The van der Waals surface area contributed by atoms with Gasteiger partial charge in [0.05, 0.1) is 29.2 Å². The molecule has 0 N–H and O–H groups in total. The van der Waals surface area contributed by atoms with Crippen molar-refractivity contribution in [3.8, 4) is 0 Å². The van der Waals surface area contributed by atoms with E-state index in [2.05, 4.69) is 13.2 Å². The molecule has 0 bridgehead atoms. The van der Waals surface area contributed by atoms with E-state index in [0.29, 0.717) is 26.1 Å². The monoisotopic (exact) mass is 649 g/mol. The lowest BCUT2D eigenvalue weighted by Gasteiger charge is -2.20. The van der Waals surface area contributed by atoms with Gasteiger partial charge >= 0.3 is 0 Å². The molecule has 1 heterocycles. The molecule has 9 nitrogen and oxygen atoms in total. The maximum Gasteiger partial charge on any atom is 0.256 e. The zero-order valence-electron chi connectivity index (χ0n) is 22.8. The predicted octanol–water partition coefficient (Wildman–Crippen LogP) is 4.55. The second-order valence-corrected chi connectivity index (χ2v) is 13.0. The van der Waals surface area contributed by atoms with Gasteiger partial charge in [0.1, 0.15) is 5.92 Å². The van der Waals surface area contributed by atoms with Crippen molar-refractivity contribution in [3.05, 3.63) is 53.6 Å². The van der Waals surface area contributed by atoms with Gasteiger partial charge in [-0.15, -0.1) is 13.2 Å². The van der Waals surface area contributed by atoms with Crippen molar-refractivity contribution in [2.45, 2.75) is 54.5 Å². The molecular weight excluding hydrogens is 617 g/mol. The summed E-state index contributed by atoms with van der Waals surface area (Å²) in [5, 5.41) is -0.101. The number of Topliss-reactive ketones (excluding diaryl/α,β-unsaturated/α-hetero) is 3. The van der Waals surface area contributed by atoms with E-state index >= 15 is 0 Å². The summed E-state index contributed by atoms with van der Waals surface area (Å²) in [6, 6.07) is 2.54. The number of hydrogen-bond donors (Lipinski definition) is 0. The van der Waals surface area contributed by atoms with Crippen LogP contribution in [0.1, 0.15) is 48.0 Å². The molecule has 2 fully saturated rings. The minimum absolute atomic E-state index is 0.0385. The molecule has 1 aromatic carbocycles. The van der Waals surface area contributed by atoms with Crippen molar-refractivity contribution in [1.82, 2.24) is 4.90 Å². The first-order valence-corrected chi connectivity index (χ1v) is 16.1. The highest BCUT2D eigenvalue weighted by Gasteiger charge is 2.38. The largest absolute Gasteiger partial charge is 0.376 e. The summed E-state index contributed by atoms with van der Waals surface area (Å²) in [4.78, 5) is 48.8. The molecule has 13 heteroatoms. The van der Waals surface area contributed by atoms with Gasteiger partial charge in [0.25, 0.3) is 5.91 Å². The maximum atomic E-state index is 12.9. The Morgan fingerprint density at radius 3 is 2.22 bits per heavy atom. The molecule has 1 saturated carbocycles. The van der Waals surface area contributed by atoms with Gasteiger partial charge in [-0.05, 0) is 31.4 Å². The number of sulfone groups is 1. The summed E-state index contributed by atoms with van der Waals surface area (Å²) in [7, 11) is -3.64. The van der Waals surface area contributed by atoms with Gasteiger partial charge in [0.15, 0.2) is 32.0 Å². The summed E-state index contributed by atoms with van der Waals surface area (Å²) in [5.41, 5.74) is 0.108. The quantitative estimate of drug-likeness (QED) is 0.140. The van der Waals surface area contributed by atoms with Crippen molar-refractivity contribution in [2.75, 3.05) is 32.6 Å². The van der Waals surface area contributed by atoms with Crippen molar-refractivity contribution >= 4 is 67.9 Å². The Kier molecular flexibility index (Phi) is 14.2. The molecule has 0 radical (unpaired) electrons. The van der Waals surface area contributed by atoms with Crippen molar-refractivity contribution < 1.29 is 37.1 Å². The van der Waals surface area contributed by atoms with Gasteiger partial charge in [-0.3, -0.25) is 19.2 Å². The van der Waals surface area contributed by atoms with Gasteiger partial charge in [0, 0.05) is 49.9 Å². The molecule has 1 atom stereocenters. The Labute approximate surface area is 255 Å². The predicted molar refractivity (Wildman–Crippen MR) is 157 cm³/mol. The third kappa shape index (κ3) is 10.0. The van der Waals surface area contributed by atoms with Crippen LogP contribution < -0.4 is 0 Å². The summed E-state index contributed by atoms with van der Waals surface area (Å²) in [5.74, 6) is -3.23. The number of benzene rings is 1. The van der Waals surface area contributed by atoms with Crippen LogP contribution >= 0.6 is 34.8 Å². The molecule has 1 saturated heterocycles. The zero-order valence-corrected chi connectivity index (χ0v) is 25.9. The Morgan fingerprint density at radius 2 is 1.73 bits per heavy atom. The van der Waals surface area contributed by atoms with Gasteiger partial charge in [0.2, 0.25) is 0 Å². The molecular formula is C28H34Cl3NO8S. The van der Waals surface area contributed by atoms with Crippen LogP contribution in [0.4, 0.5) is 0 Å². The van der Waals surface area contributed by atoms with Crippen LogP contribution in [0, 0.1) is 5.92 Å². The van der Waals surface area contributed by atoms with Crippen LogP contribution in [0.3, 0.4) is 0 Å². The third-order valence-corrected chi connectivity index (χ3v) is 8.38. The molecule has 1 amide bonds. The average Bonchev–Trinajstić information content (AvgIpc) is 3.42. The number of nitrogens with zero attached hydrogens (tertiary/aromatic N) is 1. The summed E-state index contributed by atoms with van der Waals surface area (Å²) < 4.78 is 35.5. The number of rotatable bonds is 12. The van der Waals surface area contributed by atoms with Gasteiger partial charge < -0.3 is 14.4 Å². The minimum Gasteiger partial charge on any atom is -0.376 e. The van der Waals surface area contributed by atoms with E-state index < -0.39 is 37.9 Å². The lowest BCUT2D eigenvalue weighted by atomic mass is 9.81. The summed E-state index contributed by atoms with van der Waals surface area (Å²) in [6.07, 6.45) is 6.76. The van der Waals surface area contributed by atoms with Crippen LogP contribution in [0.25, 0.3) is 0 Å². The fourth-order valence-corrected chi connectivity index (χ4v) is 5.97. The molecule has 1 aliphatic carbocycles. The summed E-state index contributed by atoms with van der Waals surface area (Å²) >= 11 is 17.2. The molecule has 1 unspecified atom stereocenters. The molecule has 0 aromatic heterocycles. The standard InChI is InChI=1S/C20H23ClO7S.C8H11Cl2NO/c1-29(25,26)17-8-7-13(20(24)18-15(22)5-2-6-16(18)23)19(21)14(17)11-27-10-12-4-3-9-28-12;1-3-5-11(6-4-2)8(12)7(9)10/h7-8,12,18H,2-6,9-11H2,1H3;3-4,7H,1-2,5-6H2. The van der Waals surface area contributed by atoms with E-state index in [4.69, 9.17) is 44.3 Å². The van der Waals surface area contributed by atoms with Crippen LogP contribution in [-0.2, 0) is 40.3 Å². The lowest BCUT2D eigenvalue weighted by Crippen LogP contribution is -2.35. The Bertz CT molecular complexity index is 1230. The highest BCUT2D eigenvalue weighted by Crippen LogP contribution is 2.32. The first-order valence-electron chi connectivity index (χ1n) is 12.9. The number of halogens is 3. The Hall–Kier alpha value is -2.08. The number of amides is 1. The number of ether oxygens (including phenoxy) is 2. The van der Waals surface area contributed by atoms with Gasteiger partial charge in [-0.2, -0.15) is 0 Å². The smallest absolute Gasteiger partial charge is 0.256 e. The van der Waals surface area contributed by atoms with E-state index in [9.17, 15) is 27.6 Å². The van der Waals surface area contributed by atoms with E-state index in [0.717, 1.165) is 19.1 Å². The molecule has 1 aromatic rings. The molecule has 41 heavy (non-hydrogen) atoms. The Balaban J connectivity index is 0.000000415. The third-order valence-electron chi connectivity index (χ3n) is 6.39. The summed E-state index contributed by atoms with van der Waals surface area (Å²) in [6.45, 7) is 8.69. The van der Waals surface area contributed by atoms with Crippen molar-refractivity contribution in [2.24, 2.45) is 5.92 Å². The number of carbonyl (C=O) groups is 4. The first-order chi connectivity index (χ1) is 19.3. The Morgan fingerprint density at radius 1 is 1.12 bits per heavy atom. The molecule has 226 valence electrons. The second-order valence-electron chi connectivity index (χ2n) is 9.53. The van der Waals surface area contributed by atoms with E-state index in [1.807, 2.05) is 0 Å². The van der Waals surface area contributed by atoms with Crippen LogP contribution in [0.2, 0.25) is 5.02 Å². The number of hydrogen-bond acceptors (Lipinski definition) is 8.